The third-order valence-corrected chi connectivity index (χ3v) is 1.79. The molecule has 4 heteroatoms. The molecule has 0 bridgehead atoms. The van der Waals surface area contributed by atoms with Gasteiger partial charge in [0.2, 0.25) is 5.88 Å². The summed E-state index contributed by atoms with van der Waals surface area (Å²) in [5, 5.41) is 0. The van der Waals surface area contributed by atoms with Crippen molar-refractivity contribution in [1.29, 1.82) is 0 Å². The highest BCUT2D eigenvalue weighted by Crippen LogP contribution is 2.20. The van der Waals surface area contributed by atoms with Crippen LogP contribution in [0.5, 0.6) is 5.88 Å². The van der Waals surface area contributed by atoms with Crippen LogP contribution in [0.2, 0.25) is 0 Å². The van der Waals surface area contributed by atoms with E-state index >= 15 is 0 Å². The molecule has 1 aromatic rings. The van der Waals surface area contributed by atoms with E-state index in [4.69, 9.17) is 10.5 Å². The van der Waals surface area contributed by atoms with Gasteiger partial charge >= 0.3 is 0 Å². The van der Waals surface area contributed by atoms with E-state index in [1.54, 1.807) is 0 Å². The summed E-state index contributed by atoms with van der Waals surface area (Å²) < 4.78 is 5.31. The van der Waals surface area contributed by atoms with E-state index in [1.165, 1.54) is 0 Å². The molecular formula is C7H11N3O. The topological polar surface area (TPSA) is 63.9 Å². The summed E-state index contributed by atoms with van der Waals surface area (Å²) in [7, 11) is 0. The Balaban J connectivity index is 2.32. The maximum absolute atomic E-state index is 5.41. The monoisotopic (exact) mass is 153 g/mol. The molecule has 0 fully saturated rings. The molecule has 60 valence electrons. The number of hydrogen-bond acceptors (Lipinski definition) is 3. The van der Waals surface area contributed by atoms with E-state index in [0.29, 0.717) is 6.54 Å². The summed E-state index contributed by atoms with van der Waals surface area (Å²) in [6.07, 6.45) is 2.10. The minimum atomic E-state index is 0.455. The molecule has 2 rings (SSSR count). The van der Waals surface area contributed by atoms with Crippen molar-refractivity contribution in [2.45, 2.75) is 19.4 Å². The number of nitrogens with two attached hydrogens (primary N) is 1. The lowest BCUT2D eigenvalue weighted by Gasteiger charge is -2.09. The van der Waals surface area contributed by atoms with Gasteiger partial charge in [0.1, 0.15) is 5.82 Å². The first-order valence-electron chi connectivity index (χ1n) is 3.81. The Bertz CT molecular complexity index is 233. The number of rotatable bonds is 1. The van der Waals surface area contributed by atoms with Crippen molar-refractivity contribution < 1.29 is 4.74 Å². The molecule has 1 aliphatic heterocycles. The van der Waals surface area contributed by atoms with Crippen LogP contribution in [0.3, 0.4) is 0 Å². The molecule has 0 saturated heterocycles. The predicted octanol–water partition coefficient (Wildman–Crippen LogP) is 0.193. The molecule has 2 heterocycles. The molecular weight excluding hydrogens is 142 g/mol. The van der Waals surface area contributed by atoms with Crippen LogP contribution in [-0.2, 0) is 13.0 Å². The molecule has 0 atom stereocenters. The number of nitrogens with zero attached hydrogens (tertiary/aromatic N) is 1. The summed E-state index contributed by atoms with van der Waals surface area (Å²) >= 11 is 0. The standard InChI is InChI=1S/C7H11N3O/c8-4-6-9-5-2-1-3-11-7(5)10-6/h1-4,8H2,(H,9,10). The Kier molecular flexibility index (Phi) is 1.54. The number of H-pyrrole nitrogens is 1. The van der Waals surface area contributed by atoms with Crippen LogP contribution < -0.4 is 10.5 Å². The van der Waals surface area contributed by atoms with Crippen molar-refractivity contribution in [3.8, 4) is 5.88 Å². The lowest BCUT2D eigenvalue weighted by atomic mass is 10.2. The van der Waals surface area contributed by atoms with Crippen LogP contribution in [0, 0.1) is 0 Å². The van der Waals surface area contributed by atoms with Gasteiger partial charge in [-0.2, -0.15) is 4.98 Å². The first-order chi connectivity index (χ1) is 5.40. The molecule has 0 aromatic carbocycles. The van der Waals surface area contributed by atoms with Crippen LogP contribution in [0.15, 0.2) is 0 Å². The van der Waals surface area contributed by atoms with E-state index in [-0.39, 0.29) is 0 Å². The Morgan fingerprint density at radius 2 is 2.55 bits per heavy atom. The molecule has 0 spiro atoms. The van der Waals surface area contributed by atoms with Crippen LogP contribution in [0.25, 0.3) is 0 Å². The molecule has 0 aliphatic carbocycles. The molecule has 11 heavy (non-hydrogen) atoms. The minimum absolute atomic E-state index is 0.455. The van der Waals surface area contributed by atoms with E-state index in [0.717, 1.165) is 36.8 Å². The maximum Gasteiger partial charge on any atom is 0.235 e. The normalized spacial score (nSPS) is 15.7. The van der Waals surface area contributed by atoms with Crippen LogP contribution in [0.1, 0.15) is 17.9 Å². The number of imidazole rings is 1. The lowest BCUT2D eigenvalue weighted by Crippen LogP contribution is -2.07. The smallest absolute Gasteiger partial charge is 0.235 e. The van der Waals surface area contributed by atoms with Gasteiger partial charge in [-0.3, -0.25) is 0 Å². The van der Waals surface area contributed by atoms with Gasteiger partial charge in [-0.1, -0.05) is 0 Å². The minimum Gasteiger partial charge on any atom is -0.476 e. The van der Waals surface area contributed by atoms with Gasteiger partial charge < -0.3 is 15.5 Å². The molecule has 1 aromatic heterocycles. The van der Waals surface area contributed by atoms with Crippen molar-refractivity contribution in [1.82, 2.24) is 9.97 Å². The van der Waals surface area contributed by atoms with Crippen LogP contribution in [0.4, 0.5) is 0 Å². The zero-order valence-electron chi connectivity index (χ0n) is 6.26. The largest absolute Gasteiger partial charge is 0.476 e. The highest BCUT2D eigenvalue weighted by atomic mass is 16.5. The van der Waals surface area contributed by atoms with Crippen LogP contribution >= 0.6 is 0 Å². The number of ether oxygens (including phenoxy) is 1. The average molecular weight is 153 g/mol. The zero-order valence-corrected chi connectivity index (χ0v) is 6.26. The van der Waals surface area contributed by atoms with Gasteiger partial charge in [0.15, 0.2) is 0 Å². The molecule has 3 N–H and O–H groups in total. The summed E-state index contributed by atoms with van der Waals surface area (Å²) in [6, 6.07) is 0. The Morgan fingerprint density at radius 1 is 1.64 bits per heavy atom. The molecule has 1 aliphatic rings. The van der Waals surface area contributed by atoms with Gasteiger partial charge in [0.25, 0.3) is 0 Å². The van der Waals surface area contributed by atoms with Gasteiger partial charge in [-0.15, -0.1) is 0 Å². The summed E-state index contributed by atoms with van der Waals surface area (Å²) in [5.41, 5.74) is 6.51. The number of aromatic amines is 1. The van der Waals surface area contributed by atoms with E-state index in [1.807, 2.05) is 0 Å². The second-order valence-electron chi connectivity index (χ2n) is 2.62. The van der Waals surface area contributed by atoms with E-state index < -0.39 is 0 Å². The first kappa shape index (κ1) is 6.67. The third-order valence-electron chi connectivity index (χ3n) is 1.79. The van der Waals surface area contributed by atoms with Gasteiger partial charge in [0, 0.05) is 0 Å². The number of hydrogen-bond donors (Lipinski definition) is 2. The fraction of sp³-hybridized carbons (Fsp3) is 0.571. The predicted molar refractivity (Wildman–Crippen MR) is 40.3 cm³/mol. The highest BCUT2D eigenvalue weighted by molar-refractivity contribution is 5.22. The first-order valence-corrected chi connectivity index (χ1v) is 3.81. The van der Waals surface area contributed by atoms with Crippen LogP contribution in [-0.4, -0.2) is 16.6 Å². The number of nitrogens with one attached hydrogen (secondary N) is 1. The number of aromatic nitrogens is 2. The molecule has 0 unspecified atom stereocenters. The summed E-state index contributed by atoms with van der Waals surface area (Å²) in [5.74, 6) is 1.56. The summed E-state index contributed by atoms with van der Waals surface area (Å²) in [6.45, 7) is 1.23. The second kappa shape index (κ2) is 2.54. The number of fused-ring (bicyclic) bond motifs is 1. The zero-order chi connectivity index (χ0) is 7.68. The van der Waals surface area contributed by atoms with Crippen molar-refractivity contribution in [3.63, 3.8) is 0 Å². The lowest BCUT2D eigenvalue weighted by molar-refractivity contribution is 0.277. The van der Waals surface area contributed by atoms with Crippen molar-refractivity contribution in [3.05, 3.63) is 11.5 Å². The van der Waals surface area contributed by atoms with Gasteiger partial charge in [0.05, 0.1) is 18.8 Å². The molecule has 0 radical (unpaired) electrons. The Morgan fingerprint density at radius 3 is 3.27 bits per heavy atom. The van der Waals surface area contributed by atoms with Gasteiger partial charge in [-0.05, 0) is 12.8 Å². The van der Waals surface area contributed by atoms with Crippen molar-refractivity contribution in [2.24, 2.45) is 5.73 Å². The molecule has 0 amide bonds. The fourth-order valence-corrected chi connectivity index (χ4v) is 1.25. The second-order valence-corrected chi connectivity index (χ2v) is 2.62. The van der Waals surface area contributed by atoms with E-state index in [9.17, 15) is 0 Å². The number of aryl methyl sites for hydroxylation is 1. The van der Waals surface area contributed by atoms with E-state index in [2.05, 4.69) is 9.97 Å². The van der Waals surface area contributed by atoms with Crippen molar-refractivity contribution in [2.75, 3.05) is 6.61 Å². The molecule has 4 nitrogen and oxygen atoms in total. The fourth-order valence-electron chi connectivity index (χ4n) is 1.25. The average Bonchev–Trinajstić information content (AvgIpc) is 2.46. The Labute approximate surface area is 64.8 Å². The van der Waals surface area contributed by atoms with Gasteiger partial charge in [-0.25, -0.2) is 0 Å². The summed E-state index contributed by atoms with van der Waals surface area (Å²) in [4.78, 5) is 7.29. The third kappa shape index (κ3) is 1.09. The van der Waals surface area contributed by atoms with Crippen molar-refractivity contribution >= 4 is 0 Å². The molecule has 0 saturated carbocycles. The maximum atomic E-state index is 5.41. The Hall–Kier alpha value is -1.03. The SMILES string of the molecule is NCc1nc2c([nH]1)CCCO2. The highest BCUT2D eigenvalue weighted by Gasteiger charge is 2.14. The quantitative estimate of drug-likeness (QED) is 0.605.